The van der Waals surface area contributed by atoms with E-state index >= 15 is 0 Å². The Morgan fingerprint density at radius 3 is 2.20 bits per heavy atom. The number of aromatic nitrogens is 2. The molecule has 0 aliphatic carbocycles. The molecule has 25 heavy (non-hydrogen) atoms. The minimum Gasteiger partial charge on any atom is -0.411 e. The molecule has 0 aliphatic rings. The third kappa shape index (κ3) is 4.13. The van der Waals surface area contributed by atoms with Gasteiger partial charge in [0.2, 0.25) is 5.89 Å². The largest absolute Gasteiger partial charge is 0.411 e. The van der Waals surface area contributed by atoms with Gasteiger partial charge >= 0.3 is 0 Å². The van der Waals surface area contributed by atoms with E-state index < -0.39 is 0 Å². The van der Waals surface area contributed by atoms with Gasteiger partial charge in [-0.1, -0.05) is 62.9 Å². The molecule has 1 aromatic heterocycles. The van der Waals surface area contributed by atoms with E-state index in [9.17, 15) is 0 Å². The monoisotopic (exact) mass is 352 g/mol. The summed E-state index contributed by atoms with van der Waals surface area (Å²) in [5, 5.41) is 8.93. The molecular weight excluding hydrogens is 328 g/mol. The van der Waals surface area contributed by atoms with E-state index in [-0.39, 0.29) is 5.41 Å². The van der Waals surface area contributed by atoms with Crippen LogP contribution in [0.4, 0.5) is 0 Å². The highest BCUT2D eigenvalue weighted by Gasteiger charge is 2.17. The molecule has 0 fully saturated rings. The van der Waals surface area contributed by atoms with Crippen LogP contribution in [0.1, 0.15) is 43.0 Å². The van der Waals surface area contributed by atoms with Crippen LogP contribution in [0.5, 0.6) is 0 Å². The first-order valence-corrected chi connectivity index (χ1v) is 9.45. The van der Waals surface area contributed by atoms with Gasteiger partial charge in [-0.05, 0) is 53.6 Å². The first kappa shape index (κ1) is 17.7. The average Bonchev–Trinajstić information content (AvgIpc) is 3.03. The van der Waals surface area contributed by atoms with E-state index in [0.717, 1.165) is 11.3 Å². The van der Waals surface area contributed by atoms with Gasteiger partial charge in [0.25, 0.3) is 5.22 Å². The molecular formula is C21H24N2OS. The first-order chi connectivity index (χ1) is 11.8. The van der Waals surface area contributed by atoms with E-state index in [1.165, 1.54) is 22.3 Å². The van der Waals surface area contributed by atoms with Crippen molar-refractivity contribution in [2.45, 2.75) is 51.0 Å². The summed E-state index contributed by atoms with van der Waals surface area (Å²) in [4.78, 5) is 0. The van der Waals surface area contributed by atoms with Crippen molar-refractivity contribution in [1.82, 2.24) is 10.2 Å². The third-order valence-electron chi connectivity index (χ3n) is 4.33. The molecule has 0 N–H and O–H groups in total. The zero-order chi connectivity index (χ0) is 18.0. The summed E-state index contributed by atoms with van der Waals surface area (Å²) < 4.78 is 5.79. The number of thioether (sulfide) groups is 1. The Hall–Kier alpha value is -2.07. The van der Waals surface area contributed by atoms with Gasteiger partial charge in [-0.3, -0.25) is 0 Å². The summed E-state index contributed by atoms with van der Waals surface area (Å²) in [6, 6.07) is 14.5. The topological polar surface area (TPSA) is 38.9 Å². The number of hydrogen-bond donors (Lipinski definition) is 0. The number of rotatable bonds is 4. The Morgan fingerprint density at radius 1 is 0.960 bits per heavy atom. The van der Waals surface area contributed by atoms with Gasteiger partial charge in [-0.25, -0.2) is 0 Å². The second-order valence-electron chi connectivity index (χ2n) is 7.37. The van der Waals surface area contributed by atoms with Crippen LogP contribution in [-0.2, 0) is 11.2 Å². The molecule has 130 valence electrons. The minimum atomic E-state index is 0.165. The van der Waals surface area contributed by atoms with Gasteiger partial charge < -0.3 is 4.42 Å². The lowest BCUT2D eigenvalue weighted by atomic mass is 9.84. The molecule has 1 heterocycles. The minimum absolute atomic E-state index is 0.165. The fourth-order valence-electron chi connectivity index (χ4n) is 2.75. The van der Waals surface area contributed by atoms with Gasteiger partial charge in [0, 0.05) is 11.3 Å². The van der Waals surface area contributed by atoms with Gasteiger partial charge in [-0.2, -0.15) is 0 Å². The van der Waals surface area contributed by atoms with E-state index in [0.29, 0.717) is 11.1 Å². The van der Waals surface area contributed by atoms with Gasteiger partial charge in [0.1, 0.15) is 0 Å². The highest BCUT2D eigenvalue weighted by molar-refractivity contribution is 7.98. The van der Waals surface area contributed by atoms with E-state index in [4.69, 9.17) is 4.42 Å². The number of aryl methyl sites for hydroxylation is 2. The summed E-state index contributed by atoms with van der Waals surface area (Å²) in [5.41, 5.74) is 6.47. The molecule has 2 aromatic carbocycles. The van der Waals surface area contributed by atoms with Crippen LogP contribution in [0.25, 0.3) is 11.5 Å². The second kappa shape index (κ2) is 7.04. The van der Waals surface area contributed by atoms with Crippen molar-refractivity contribution >= 4 is 11.8 Å². The Bertz CT molecular complexity index is 840. The average molecular weight is 353 g/mol. The fourth-order valence-corrected chi connectivity index (χ4v) is 3.71. The van der Waals surface area contributed by atoms with Crippen molar-refractivity contribution < 1.29 is 4.42 Å². The Morgan fingerprint density at radius 2 is 1.60 bits per heavy atom. The Labute approximate surface area is 153 Å². The predicted octanol–water partition coefficient (Wildman–Crippen LogP) is 5.94. The SMILES string of the molecule is Cc1cc(C(C)(C)C)cc(C)c1CSc1nnc(-c2ccccc2)o1. The van der Waals surface area contributed by atoms with Crippen LogP contribution in [0.2, 0.25) is 0 Å². The maximum atomic E-state index is 5.79. The molecule has 0 aliphatic heterocycles. The van der Waals surface area contributed by atoms with Crippen molar-refractivity contribution in [3.8, 4) is 11.5 Å². The molecule has 0 atom stereocenters. The maximum absolute atomic E-state index is 5.79. The van der Waals surface area contributed by atoms with Crippen LogP contribution in [0.3, 0.4) is 0 Å². The van der Waals surface area contributed by atoms with Crippen LogP contribution in [0.15, 0.2) is 52.1 Å². The quantitative estimate of drug-likeness (QED) is 0.544. The van der Waals surface area contributed by atoms with E-state index in [2.05, 4.69) is 56.9 Å². The lowest BCUT2D eigenvalue weighted by Gasteiger charge is -2.22. The van der Waals surface area contributed by atoms with Gasteiger partial charge in [-0.15, -0.1) is 10.2 Å². The normalized spacial score (nSPS) is 11.7. The third-order valence-corrected chi connectivity index (χ3v) is 5.17. The highest BCUT2D eigenvalue weighted by atomic mass is 32.2. The summed E-state index contributed by atoms with van der Waals surface area (Å²) in [7, 11) is 0. The molecule has 4 heteroatoms. The highest BCUT2D eigenvalue weighted by Crippen LogP contribution is 2.31. The molecule has 0 saturated carbocycles. The molecule has 0 spiro atoms. The van der Waals surface area contributed by atoms with E-state index in [1.54, 1.807) is 11.8 Å². The lowest BCUT2D eigenvalue weighted by molar-refractivity contribution is 0.466. The second-order valence-corrected chi connectivity index (χ2v) is 8.29. The summed E-state index contributed by atoms with van der Waals surface area (Å²) in [6.07, 6.45) is 0. The van der Waals surface area contributed by atoms with Crippen LogP contribution in [-0.4, -0.2) is 10.2 Å². The first-order valence-electron chi connectivity index (χ1n) is 8.47. The number of nitrogens with zero attached hydrogens (tertiary/aromatic N) is 2. The fraction of sp³-hybridized carbons (Fsp3) is 0.333. The molecule has 0 radical (unpaired) electrons. The summed E-state index contributed by atoms with van der Waals surface area (Å²) in [5.74, 6) is 1.40. The summed E-state index contributed by atoms with van der Waals surface area (Å²) >= 11 is 1.59. The summed E-state index contributed by atoms with van der Waals surface area (Å²) in [6.45, 7) is 11.1. The Kier molecular flexibility index (Phi) is 5.00. The molecule has 0 unspecified atom stereocenters. The maximum Gasteiger partial charge on any atom is 0.277 e. The smallest absolute Gasteiger partial charge is 0.277 e. The van der Waals surface area contributed by atoms with Crippen molar-refractivity contribution in [3.05, 3.63) is 64.7 Å². The molecule has 0 saturated heterocycles. The van der Waals surface area contributed by atoms with Crippen LogP contribution >= 0.6 is 11.8 Å². The van der Waals surface area contributed by atoms with Crippen molar-refractivity contribution in [1.29, 1.82) is 0 Å². The molecule has 3 rings (SSSR count). The van der Waals surface area contributed by atoms with Gasteiger partial charge in [0.15, 0.2) is 0 Å². The van der Waals surface area contributed by atoms with Crippen LogP contribution < -0.4 is 0 Å². The van der Waals surface area contributed by atoms with Crippen molar-refractivity contribution in [2.75, 3.05) is 0 Å². The zero-order valence-corrected chi connectivity index (χ0v) is 16.3. The molecule has 3 nitrogen and oxygen atoms in total. The lowest BCUT2D eigenvalue weighted by Crippen LogP contribution is -2.12. The molecule has 0 bridgehead atoms. The molecule has 3 aromatic rings. The van der Waals surface area contributed by atoms with Crippen molar-refractivity contribution in [3.63, 3.8) is 0 Å². The predicted molar refractivity (Wildman–Crippen MR) is 104 cm³/mol. The number of benzene rings is 2. The van der Waals surface area contributed by atoms with Crippen molar-refractivity contribution in [2.24, 2.45) is 0 Å². The van der Waals surface area contributed by atoms with Gasteiger partial charge in [0.05, 0.1) is 0 Å². The Balaban J connectivity index is 1.75. The standard InChI is InChI=1S/C21H24N2OS/c1-14-11-17(21(3,4)5)12-15(2)18(14)13-25-20-23-22-19(24-20)16-9-7-6-8-10-16/h6-12H,13H2,1-5H3. The zero-order valence-electron chi connectivity index (χ0n) is 15.5. The molecule has 0 amide bonds. The van der Waals surface area contributed by atoms with Crippen LogP contribution in [0, 0.1) is 13.8 Å². The number of hydrogen-bond acceptors (Lipinski definition) is 4. The van der Waals surface area contributed by atoms with E-state index in [1.807, 2.05) is 30.3 Å².